The van der Waals surface area contributed by atoms with Gasteiger partial charge in [0, 0.05) is 10.5 Å². The summed E-state index contributed by atoms with van der Waals surface area (Å²) in [5.41, 5.74) is 0.567. The number of Topliss-reactive ketones (excluding diaryl/α,β-unsaturated/α-hetero) is 1. The first kappa shape index (κ1) is 10.4. The Morgan fingerprint density at radius 2 is 2.12 bits per heavy atom. The van der Waals surface area contributed by atoms with Crippen LogP contribution in [0, 0.1) is 0 Å². The van der Waals surface area contributed by atoms with Gasteiger partial charge >= 0.3 is 0 Å². The summed E-state index contributed by atoms with van der Waals surface area (Å²) in [5.74, 6) is 1.34. The minimum atomic E-state index is -0.127. The summed E-state index contributed by atoms with van der Waals surface area (Å²) < 4.78 is 11.5. The van der Waals surface area contributed by atoms with Crippen molar-refractivity contribution >= 4 is 27.8 Å². The third-order valence-electron chi connectivity index (χ3n) is 2.45. The molecular formula is C13H7BrO3. The summed E-state index contributed by atoms with van der Waals surface area (Å²) in [4.78, 5) is 12.0. The van der Waals surface area contributed by atoms with Crippen LogP contribution in [0.3, 0.4) is 0 Å². The van der Waals surface area contributed by atoms with Crippen LogP contribution in [0.1, 0.15) is 16.1 Å². The summed E-state index contributed by atoms with van der Waals surface area (Å²) >= 11 is 3.33. The normalized spacial score (nSPS) is 16.1. The molecule has 1 aliphatic heterocycles. The molecule has 0 saturated heterocycles. The molecule has 0 aliphatic carbocycles. The van der Waals surface area contributed by atoms with E-state index in [-0.39, 0.29) is 11.5 Å². The molecular weight excluding hydrogens is 284 g/mol. The van der Waals surface area contributed by atoms with Gasteiger partial charge in [-0.3, -0.25) is 4.79 Å². The van der Waals surface area contributed by atoms with E-state index < -0.39 is 0 Å². The van der Waals surface area contributed by atoms with E-state index in [0.717, 1.165) is 4.47 Å². The Hall–Kier alpha value is -1.81. The van der Waals surface area contributed by atoms with Gasteiger partial charge in [-0.15, -0.1) is 0 Å². The molecule has 2 aromatic rings. The van der Waals surface area contributed by atoms with Crippen LogP contribution in [-0.4, -0.2) is 5.78 Å². The lowest BCUT2D eigenvalue weighted by Gasteiger charge is -1.96. The van der Waals surface area contributed by atoms with E-state index in [1.165, 1.54) is 0 Å². The predicted molar refractivity (Wildman–Crippen MR) is 65.8 cm³/mol. The van der Waals surface area contributed by atoms with Crippen molar-refractivity contribution < 1.29 is 13.9 Å². The topological polar surface area (TPSA) is 39.4 Å². The Morgan fingerprint density at radius 3 is 2.88 bits per heavy atom. The van der Waals surface area contributed by atoms with Crippen molar-refractivity contribution in [2.75, 3.05) is 0 Å². The van der Waals surface area contributed by atoms with Crippen LogP contribution in [0.25, 0.3) is 6.08 Å². The van der Waals surface area contributed by atoms with E-state index in [9.17, 15) is 4.79 Å². The van der Waals surface area contributed by atoms with E-state index >= 15 is 0 Å². The molecule has 0 spiro atoms. The van der Waals surface area contributed by atoms with Crippen molar-refractivity contribution in [1.82, 2.24) is 0 Å². The van der Waals surface area contributed by atoms with Gasteiger partial charge in [-0.1, -0.05) is 15.9 Å². The summed E-state index contributed by atoms with van der Waals surface area (Å²) in [7, 11) is 0. The van der Waals surface area contributed by atoms with Crippen molar-refractivity contribution in [3.05, 3.63) is 58.2 Å². The van der Waals surface area contributed by atoms with Crippen LogP contribution in [0.2, 0.25) is 0 Å². The monoisotopic (exact) mass is 290 g/mol. The first-order chi connectivity index (χ1) is 8.24. The number of allylic oxidation sites excluding steroid dienone is 1. The van der Waals surface area contributed by atoms with Gasteiger partial charge in [0.25, 0.3) is 0 Å². The minimum Gasteiger partial charge on any atom is -0.465 e. The second-order valence-electron chi connectivity index (χ2n) is 3.60. The molecule has 3 nitrogen and oxygen atoms in total. The number of hydrogen-bond acceptors (Lipinski definition) is 3. The zero-order valence-electron chi connectivity index (χ0n) is 8.64. The van der Waals surface area contributed by atoms with Crippen molar-refractivity contribution in [2.45, 2.75) is 0 Å². The molecule has 0 atom stereocenters. The molecule has 0 radical (unpaired) electrons. The van der Waals surface area contributed by atoms with Crippen LogP contribution in [0.5, 0.6) is 5.75 Å². The molecule has 0 amide bonds. The highest BCUT2D eigenvalue weighted by molar-refractivity contribution is 9.10. The number of rotatable bonds is 1. The number of benzene rings is 1. The molecule has 3 rings (SSSR count). The number of furan rings is 1. The standard InChI is InChI=1S/C13H7BrO3/c14-8-3-4-11-10(6-8)13(15)12(17-11)7-9-2-1-5-16-9/h1-7H. The van der Waals surface area contributed by atoms with Gasteiger partial charge in [0.05, 0.1) is 11.8 Å². The SMILES string of the molecule is O=C1C(=Cc2ccco2)Oc2ccc(Br)cc21. The molecule has 17 heavy (non-hydrogen) atoms. The number of carbonyl (C=O) groups is 1. The van der Waals surface area contributed by atoms with Gasteiger partial charge in [0.15, 0.2) is 5.76 Å². The molecule has 0 N–H and O–H groups in total. The molecule has 1 aliphatic rings. The first-order valence-corrected chi connectivity index (χ1v) is 5.80. The molecule has 0 bridgehead atoms. The van der Waals surface area contributed by atoms with E-state index in [1.807, 2.05) is 6.07 Å². The van der Waals surface area contributed by atoms with Crippen LogP contribution in [0.15, 0.2) is 51.2 Å². The highest BCUT2D eigenvalue weighted by Gasteiger charge is 2.27. The number of halogens is 1. The quantitative estimate of drug-likeness (QED) is 0.753. The average Bonchev–Trinajstić information content (AvgIpc) is 2.91. The van der Waals surface area contributed by atoms with Gasteiger partial charge in [0.1, 0.15) is 11.5 Å². The molecule has 0 fully saturated rings. The summed E-state index contributed by atoms with van der Waals surface area (Å²) in [6.07, 6.45) is 3.14. The first-order valence-electron chi connectivity index (χ1n) is 5.01. The fraction of sp³-hybridized carbons (Fsp3) is 0. The Balaban J connectivity index is 2.02. The van der Waals surface area contributed by atoms with E-state index in [4.69, 9.17) is 9.15 Å². The lowest BCUT2D eigenvalue weighted by atomic mass is 10.1. The fourth-order valence-electron chi connectivity index (χ4n) is 1.66. The van der Waals surface area contributed by atoms with Crippen LogP contribution in [-0.2, 0) is 0 Å². The Kier molecular flexibility index (Phi) is 2.37. The maximum absolute atomic E-state index is 12.0. The smallest absolute Gasteiger partial charge is 0.232 e. The van der Waals surface area contributed by atoms with E-state index in [0.29, 0.717) is 17.1 Å². The van der Waals surface area contributed by atoms with Crippen molar-refractivity contribution in [2.24, 2.45) is 0 Å². The van der Waals surface area contributed by atoms with Crippen LogP contribution in [0.4, 0.5) is 0 Å². The lowest BCUT2D eigenvalue weighted by Crippen LogP contribution is -1.97. The molecule has 1 aromatic heterocycles. The summed E-state index contributed by atoms with van der Waals surface area (Å²) in [5, 5.41) is 0. The van der Waals surface area contributed by atoms with Crippen molar-refractivity contribution in [3.8, 4) is 5.75 Å². The third kappa shape index (κ3) is 1.80. The fourth-order valence-corrected chi connectivity index (χ4v) is 2.02. The lowest BCUT2D eigenvalue weighted by molar-refractivity contribution is 0.101. The Morgan fingerprint density at radius 1 is 1.24 bits per heavy atom. The van der Waals surface area contributed by atoms with Crippen molar-refractivity contribution in [1.29, 1.82) is 0 Å². The van der Waals surface area contributed by atoms with Gasteiger partial charge in [-0.05, 0) is 30.3 Å². The molecule has 0 saturated carbocycles. The molecule has 0 unspecified atom stereocenters. The summed E-state index contributed by atoms with van der Waals surface area (Å²) in [6, 6.07) is 8.88. The number of carbonyl (C=O) groups excluding carboxylic acids is 1. The average molecular weight is 291 g/mol. The highest BCUT2D eigenvalue weighted by Crippen LogP contribution is 2.33. The third-order valence-corrected chi connectivity index (χ3v) is 2.94. The van der Waals surface area contributed by atoms with E-state index in [1.54, 1.807) is 36.6 Å². The maximum atomic E-state index is 12.0. The zero-order valence-corrected chi connectivity index (χ0v) is 10.2. The van der Waals surface area contributed by atoms with Crippen LogP contribution >= 0.6 is 15.9 Å². The predicted octanol–water partition coefficient (Wildman–Crippen LogP) is 3.66. The van der Waals surface area contributed by atoms with E-state index in [2.05, 4.69) is 15.9 Å². The second kappa shape index (κ2) is 3.89. The number of ether oxygens (including phenoxy) is 1. The van der Waals surface area contributed by atoms with Gasteiger partial charge in [0.2, 0.25) is 5.78 Å². The van der Waals surface area contributed by atoms with Crippen molar-refractivity contribution in [3.63, 3.8) is 0 Å². The number of fused-ring (bicyclic) bond motifs is 1. The summed E-state index contributed by atoms with van der Waals surface area (Å²) in [6.45, 7) is 0. The second-order valence-corrected chi connectivity index (χ2v) is 4.51. The molecule has 2 heterocycles. The number of ketones is 1. The number of hydrogen-bond donors (Lipinski definition) is 0. The largest absolute Gasteiger partial charge is 0.465 e. The molecule has 1 aromatic carbocycles. The highest BCUT2D eigenvalue weighted by atomic mass is 79.9. The van der Waals surface area contributed by atoms with Crippen LogP contribution < -0.4 is 4.74 Å². The minimum absolute atomic E-state index is 0.127. The Labute approximate surface area is 106 Å². The van der Waals surface area contributed by atoms with Gasteiger partial charge in [-0.25, -0.2) is 0 Å². The maximum Gasteiger partial charge on any atom is 0.232 e. The van der Waals surface area contributed by atoms with Gasteiger partial charge < -0.3 is 9.15 Å². The van der Waals surface area contributed by atoms with Gasteiger partial charge in [-0.2, -0.15) is 0 Å². The molecule has 4 heteroatoms. The zero-order chi connectivity index (χ0) is 11.8. The Bertz CT molecular complexity index is 612. The molecule has 84 valence electrons.